The van der Waals surface area contributed by atoms with Gasteiger partial charge in [-0.05, 0) is 24.6 Å². The van der Waals surface area contributed by atoms with Crippen LogP contribution in [0, 0.1) is 0 Å². The second-order valence-corrected chi connectivity index (χ2v) is 4.32. The van der Waals surface area contributed by atoms with Crippen molar-refractivity contribution in [2.75, 3.05) is 27.1 Å². The maximum atomic E-state index is 6.07. The Labute approximate surface area is 107 Å². The minimum Gasteiger partial charge on any atom is -0.454 e. The predicted octanol–water partition coefficient (Wildman–Crippen LogP) is 1.47. The van der Waals surface area contributed by atoms with Gasteiger partial charge >= 0.3 is 0 Å². The smallest absolute Gasteiger partial charge is 0.231 e. The van der Waals surface area contributed by atoms with E-state index in [1.165, 1.54) is 0 Å². The first kappa shape index (κ1) is 13.1. The first-order valence-electron chi connectivity index (χ1n) is 5.96. The van der Waals surface area contributed by atoms with E-state index in [1.54, 1.807) is 7.11 Å². The fourth-order valence-corrected chi connectivity index (χ4v) is 1.79. The van der Waals surface area contributed by atoms with Gasteiger partial charge in [-0.25, -0.2) is 0 Å². The summed E-state index contributed by atoms with van der Waals surface area (Å²) >= 11 is 0. The van der Waals surface area contributed by atoms with Gasteiger partial charge in [0.1, 0.15) is 0 Å². The zero-order valence-electron chi connectivity index (χ0n) is 10.7. The van der Waals surface area contributed by atoms with Crippen molar-refractivity contribution in [2.45, 2.75) is 19.1 Å². The van der Waals surface area contributed by atoms with E-state index in [-0.39, 0.29) is 18.9 Å². The van der Waals surface area contributed by atoms with E-state index in [1.807, 2.05) is 25.1 Å². The molecule has 2 rings (SSSR count). The normalized spacial score (nSPS) is 16.6. The molecular formula is C13H19NO4. The van der Waals surface area contributed by atoms with Crippen LogP contribution < -0.4 is 15.2 Å². The van der Waals surface area contributed by atoms with Crippen molar-refractivity contribution in [1.29, 1.82) is 0 Å². The lowest BCUT2D eigenvalue weighted by atomic mass is 10.1. The number of methoxy groups -OCH3 is 1. The van der Waals surface area contributed by atoms with E-state index in [2.05, 4.69) is 0 Å². The van der Waals surface area contributed by atoms with E-state index >= 15 is 0 Å². The molecule has 0 spiro atoms. The van der Waals surface area contributed by atoms with E-state index in [0.717, 1.165) is 17.1 Å². The lowest BCUT2D eigenvalue weighted by Gasteiger charge is -2.17. The molecule has 0 aliphatic carbocycles. The van der Waals surface area contributed by atoms with Gasteiger partial charge in [-0.15, -0.1) is 0 Å². The molecule has 5 heteroatoms. The van der Waals surface area contributed by atoms with E-state index in [9.17, 15) is 0 Å². The zero-order valence-corrected chi connectivity index (χ0v) is 10.7. The summed E-state index contributed by atoms with van der Waals surface area (Å²) in [6, 6.07) is 5.52. The maximum absolute atomic E-state index is 6.07. The van der Waals surface area contributed by atoms with Crippen molar-refractivity contribution >= 4 is 0 Å². The number of rotatable bonds is 6. The van der Waals surface area contributed by atoms with Gasteiger partial charge in [0, 0.05) is 7.11 Å². The van der Waals surface area contributed by atoms with Crippen LogP contribution in [0.5, 0.6) is 11.5 Å². The average molecular weight is 253 g/mol. The van der Waals surface area contributed by atoms with Crippen LogP contribution in [0.15, 0.2) is 18.2 Å². The minimum atomic E-state index is -0.182. The molecule has 2 atom stereocenters. The zero-order chi connectivity index (χ0) is 13.0. The van der Waals surface area contributed by atoms with Crippen LogP contribution in [-0.4, -0.2) is 33.2 Å². The van der Waals surface area contributed by atoms with Gasteiger partial charge in [0.2, 0.25) is 6.79 Å². The predicted molar refractivity (Wildman–Crippen MR) is 66.8 cm³/mol. The number of hydrogen-bond acceptors (Lipinski definition) is 5. The molecule has 1 aromatic carbocycles. The number of ether oxygens (including phenoxy) is 4. The summed E-state index contributed by atoms with van der Waals surface area (Å²) < 4.78 is 21.2. The molecular weight excluding hydrogens is 234 g/mol. The first-order chi connectivity index (χ1) is 8.70. The van der Waals surface area contributed by atoms with Gasteiger partial charge in [-0.2, -0.15) is 0 Å². The topological polar surface area (TPSA) is 62.9 Å². The number of nitrogens with two attached hydrogens (primary N) is 1. The number of hydrogen-bond donors (Lipinski definition) is 1. The van der Waals surface area contributed by atoms with Crippen molar-refractivity contribution in [1.82, 2.24) is 0 Å². The van der Waals surface area contributed by atoms with E-state index in [4.69, 9.17) is 24.7 Å². The van der Waals surface area contributed by atoms with Gasteiger partial charge < -0.3 is 24.7 Å². The lowest BCUT2D eigenvalue weighted by Crippen LogP contribution is -2.23. The highest BCUT2D eigenvalue weighted by atomic mass is 16.7. The minimum absolute atomic E-state index is 0.0371. The highest BCUT2D eigenvalue weighted by molar-refractivity contribution is 5.45. The van der Waals surface area contributed by atoms with E-state index in [0.29, 0.717) is 13.2 Å². The maximum Gasteiger partial charge on any atom is 0.231 e. The van der Waals surface area contributed by atoms with Crippen LogP contribution in [0.4, 0.5) is 0 Å². The molecule has 0 aromatic heterocycles. The summed E-state index contributed by atoms with van der Waals surface area (Å²) in [6.07, 6.45) is 0.0371. The molecule has 0 radical (unpaired) electrons. The molecule has 5 nitrogen and oxygen atoms in total. The Kier molecular flexibility index (Phi) is 4.41. The standard InChI is InChI=1S/C13H19NO4/c1-9(6-15-2)16-7-11(14)10-3-4-12-13(5-10)18-8-17-12/h3-5,9,11H,6-8,14H2,1-2H3. The molecule has 0 amide bonds. The Morgan fingerprint density at radius 3 is 2.83 bits per heavy atom. The average Bonchev–Trinajstić information content (AvgIpc) is 2.83. The molecule has 1 aliphatic rings. The largest absolute Gasteiger partial charge is 0.454 e. The van der Waals surface area contributed by atoms with Crippen LogP contribution in [0.25, 0.3) is 0 Å². The summed E-state index contributed by atoms with van der Waals surface area (Å²) in [7, 11) is 1.65. The van der Waals surface area contributed by atoms with Crippen molar-refractivity contribution in [3.05, 3.63) is 23.8 Å². The van der Waals surface area contributed by atoms with Crippen LogP contribution in [0.2, 0.25) is 0 Å². The Morgan fingerprint density at radius 2 is 2.06 bits per heavy atom. The quantitative estimate of drug-likeness (QED) is 0.831. The Morgan fingerprint density at radius 1 is 1.28 bits per heavy atom. The molecule has 0 fully saturated rings. The Hall–Kier alpha value is -1.30. The number of benzene rings is 1. The van der Waals surface area contributed by atoms with Gasteiger partial charge in [0.15, 0.2) is 11.5 Å². The van der Waals surface area contributed by atoms with Crippen LogP contribution in [0.1, 0.15) is 18.5 Å². The van der Waals surface area contributed by atoms with Crippen molar-refractivity contribution in [3.63, 3.8) is 0 Å². The van der Waals surface area contributed by atoms with Gasteiger partial charge in [0.25, 0.3) is 0 Å². The third kappa shape index (κ3) is 3.13. The SMILES string of the molecule is COCC(C)OCC(N)c1ccc2c(c1)OCO2. The lowest BCUT2D eigenvalue weighted by molar-refractivity contribution is 0.00327. The van der Waals surface area contributed by atoms with Crippen molar-refractivity contribution in [2.24, 2.45) is 5.73 Å². The second-order valence-electron chi connectivity index (χ2n) is 4.32. The molecule has 0 bridgehead atoms. The monoisotopic (exact) mass is 253 g/mol. The molecule has 1 heterocycles. The van der Waals surface area contributed by atoms with Crippen LogP contribution in [-0.2, 0) is 9.47 Å². The molecule has 18 heavy (non-hydrogen) atoms. The van der Waals surface area contributed by atoms with Gasteiger partial charge in [0.05, 0.1) is 25.4 Å². The molecule has 100 valence electrons. The van der Waals surface area contributed by atoms with Crippen molar-refractivity contribution < 1.29 is 18.9 Å². The molecule has 0 saturated heterocycles. The fourth-order valence-electron chi connectivity index (χ4n) is 1.79. The van der Waals surface area contributed by atoms with Crippen molar-refractivity contribution in [3.8, 4) is 11.5 Å². The van der Waals surface area contributed by atoms with Gasteiger partial charge in [-0.3, -0.25) is 0 Å². The summed E-state index contributed by atoms with van der Waals surface area (Å²) in [6.45, 7) is 3.24. The molecule has 2 N–H and O–H groups in total. The van der Waals surface area contributed by atoms with E-state index < -0.39 is 0 Å². The van der Waals surface area contributed by atoms with Crippen LogP contribution in [0.3, 0.4) is 0 Å². The summed E-state index contributed by atoms with van der Waals surface area (Å²) in [5.41, 5.74) is 7.05. The fraction of sp³-hybridized carbons (Fsp3) is 0.538. The summed E-state index contributed by atoms with van der Waals surface area (Å²) in [5.74, 6) is 1.51. The van der Waals surface area contributed by atoms with Gasteiger partial charge in [-0.1, -0.05) is 6.07 Å². The molecule has 2 unspecified atom stereocenters. The summed E-state index contributed by atoms with van der Waals surface area (Å²) in [5, 5.41) is 0. The molecule has 1 aliphatic heterocycles. The Bertz CT molecular complexity index is 397. The number of fused-ring (bicyclic) bond motifs is 1. The van der Waals surface area contributed by atoms with Crippen LogP contribution >= 0.6 is 0 Å². The third-order valence-electron chi connectivity index (χ3n) is 2.79. The second kappa shape index (κ2) is 6.04. The highest BCUT2D eigenvalue weighted by Gasteiger charge is 2.16. The first-order valence-corrected chi connectivity index (χ1v) is 5.96. The summed E-state index contributed by atoms with van der Waals surface area (Å²) in [4.78, 5) is 0. The Balaban J connectivity index is 1.90. The molecule has 1 aromatic rings. The third-order valence-corrected chi connectivity index (χ3v) is 2.79. The highest BCUT2D eigenvalue weighted by Crippen LogP contribution is 2.33. The molecule has 0 saturated carbocycles.